The fourth-order valence-corrected chi connectivity index (χ4v) is 3.21. The van der Waals surface area contributed by atoms with E-state index in [4.69, 9.17) is 0 Å². The van der Waals surface area contributed by atoms with Crippen molar-refractivity contribution in [3.05, 3.63) is 53.6 Å². The molecule has 2 nitrogen and oxygen atoms in total. The predicted molar refractivity (Wildman–Crippen MR) is 67.2 cm³/mol. The molecule has 2 aromatic carbocycles. The summed E-state index contributed by atoms with van der Waals surface area (Å²) in [6.45, 7) is 2.00. The fraction of sp³-hybridized carbons (Fsp3) is 0.200. The minimum atomic E-state index is 0.152. The van der Waals surface area contributed by atoms with Crippen LogP contribution in [0.4, 0.5) is 0 Å². The molecular weight excluding hydrogens is 210 g/mol. The number of rotatable bonds is 0. The monoisotopic (exact) mass is 223 g/mol. The maximum atomic E-state index is 9.67. The van der Waals surface area contributed by atoms with Crippen molar-refractivity contribution in [2.75, 3.05) is 13.1 Å². The third-order valence-electron chi connectivity index (χ3n) is 4.11. The Morgan fingerprint density at radius 2 is 1.71 bits per heavy atom. The Hall–Kier alpha value is -1.80. The highest BCUT2D eigenvalue weighted by atomic mass is 16.3. The molecule has 0 atom stereocenters. The van der Waals surface area contributed by atoms with E-state index < -0.39 is 0 Å². The van der Waals surface area contributed by atoms with Crippen LogP contribution < -0.4 is 5.32 Å². The van der Waals surface area contributed by atoms with Crippen molar-refractivity contribution >= 4 is 0 Å². The number of phenolic OH excluding ortho intramolecular Hbond substituents is 1. The molecule has 0 saturated carbocycles. The maximum Gasteiger partial charge on any atom is 0.116 e. The zero-order valence-electron chi connectivity index (χ0n) is 9.40. The molecule has 1 aliphatic carbocycles. The first-order chi connectivity index (χ1) is 8.31. The molecule has 17 heavy (non-hydrogen) atoms. The first-order valence-corrected chi connectivity index (χ1v) is 5.95. The lowest BCUT2D eigenvalue weighted by atomic mass is 9.73. The second-order valence-corrected chi connectivity index (χ2v) is 4.96. The van der Waals surface area contributed by atoms with Crippen molar-refractivity contribution in [3.8, 4) is 16.9 Å². The minimum absolute atomic E-state index is 0.152. The molecule has 84 valence electrons. The van der Waals surface area contributed by atoms with Gasteiger partial charge in [-0.1, -0.05) is 30.3 Å². The standard InChI is InChI=1S/C15H13NO/c17-10-5-6-14-12(7-10)11-3-1-2-4-13(11)15(14)8-16-9-15/h1-7,16-17H,8-9H2. The van der Waals surface area contributed by atoms with Crippen molar-refractivity contribution in [2.24, 2.45) is 0 Å². The van der Waals surface area contributed by atoms with E-state index >= 15 is 0 Å². The summed E-state index contributed by atoms with van der Waals surface area (Å²) < 4.78 is 0. The third kappa shape index (κ3) is 0.990. The van der Waals surface area contributed by atoms with E-state index in [1.54, 1.807) is 6.07 Å². The Kier molecular flexibility index (Phi) is 1.58. The minimum Gasteiger partial charge on any atom is -0.508 e. The maximum absolute atomic E-state index is 9.67. The van der Waals surface area contributed by atoms with E-state index in [1.165, 1.54) is 22.3 Å². The largest absolute Gasteiger partial charge is 0.508 e. The highest BCUT2D eigenvalue weighted by molar-refractivity contribution is 5.82. The van der Waals surface area contributed by atoms with Crippen molar-refractivity contribution in [2.45, 2.75) is 5.41 Å². The quantitative estimate of drug-likeness (QED) is 0.718. The summed E-state index contributed by atoms with van der Waals surface area (Å²) in [7, 11) is 0. The lowest BCUT2D eigenvalue weighted by molar-refractivity contribution is 0.342. The fourth-order valence-electron chi connectivity index (χ4n) is 3.21. The molecule has 1 heterocycles. The molecule has 1 spiro atoms. The van der Waals surface area contributed by atoms with Crippen LogP contribution in [0.15, 0.2) is 42.5 Å². The molecule has 0 unspecified atom stereocenters. The topological polar surface area (TPSA) is 32.3 Å². The van der Waals surface area contributed by atoms with Gasteiger partial charge in [0.05, 0.1) is 0 Å². The van der Waals surface area contributed by atoms with E-state index in [9.17, 15) is 5.11 Å². The zero-order chi connectivity index (χ0) is 11.5. The molecule has 0 radical (unpaired) electrons. The third-order valence-corrected chi connectivity index (χ3v) is 4.11. The highest BCUT2D eigenvalue weighted by Crippen LogP contribution is 2.51. The summed E-state index contributed by atoms with van der Waals surface area (Å²) >= 11 is 0. The number of aromatic hydroxyl groups is 1. The van der Waals surface area contributed by atoms with Crippen LogP contribution in [0.25, 0.3) is 11.1 Å². The van der Waals surface area contributed by atoms with Gasteiger partial charge < -0.3 is 10.4 Å². The Labute approximate surface area is 99.9 Å². The van der Waals surface area contributed by atoms with Gasteiger partial charge in [0.15, 0.2) is 0 Å². The van der Waals surface area contributed by atoms with Crippen molar-refractivity contribution in [1.82, 2.24) is 5.32 Å². The van der Waals surface area contributed by atoms with Gasteiger partial charge in [-0.15, -0.1) is 0 Å². The van der Waals surface area contributed by atoms with Gasteiger partial charge in [-0.2, -0.15) is 0 Å². The van der Waals surface area contributed by atoms with Crippen LogP contribution in [-0.4, -0.2) is 18.2 Å². The van der Waals surface area contributed by atoms with Gasteiger partial charge in [0, 0.05) is 18.5 Å². The molecular formula is C15H13NO. The summed E-state index contributed by atoms with van der Waals surface area (Å²) in [4.78, 5) is 0. The van der Waals surface area contributed by atoms with Crippen LogP contribution in [0, 0.1) is 0 Å². The van der Waals surface area contributed by atoms with Crippen molar-refractivity contribution in [1.29, 1.82) is 0 Å². The number of phenols is 1. The van der Waals surface area contributed by atoms with E-state index in [1.807, 2.05) is 6.07 Å². The van der Waals surface area contributed by atoms with E-state index in [0.717, 1.165) is 13.1 Å². The lowest BCUT2D eigenvalue weighted by Crippen LogP contribution is -2.56. The Morgan fingerprint density at radius 3 is 2.47 bits per heavy atom. The van der Waals surface area contributed by atoms with Gasteiger partial charge in [-0.05, 0) is 34.4 Å². The highest BCUT2D eigenvalue weighted by Gasteiger charge is 2.47. The van der Waals surface area contributed by atoms with Gasteiger partial charge in [0.25, 0.3) is 0 Å². The summed E-state index contributed by atoms with van der Waals surface area (Å²) in [5.41, 5.74) is 5.39. The molecule has 1 fully saturated rings. The van der Waals surface area contributed by atoms with Crippen LogP contribution in [0.5, 0.6) is 5.75 Å². The second kappa shape index (κ2) is 2.90. The summed E-state index contributed by atoms with van der Waals surface area (Å²) in [6.07, 6.45) is 0. The van der Waals surface area contributed by atoms with Gasteiger partial charge in [0.1, 0.15) is 5.75 Å². The number of hydrogen-bond donors (Lipinski definition) is 2. The second-order valence-electron chi connectivity index (χ2n) is 4.96. The molecule has 1 aliphatic heterocycles. The summed E-state index contributed by atoms with van der Waals surface area (Å²) in [6, 6.07) is 14.3. The van der Waals surface area contributed by atoms with Gasteiger partial charge >= 0.3 is 0 Å². The Balaban J connectivity index is 2.09. The molecule has 2 aliphatic rings. The van der Waals surface area contributed by atoms with Crippen LogP contribution in [0.1, 0.15) is 11.1 Å². The number of nitrogens with one attached hydrogen (secondary N) is 1. The van der Waals surface area contributed by atoms with Gasteiger partial charge in [0.2, 0.25) is 0 Å². The zero-order valence-corrected chi connectivity index (χ0v) is 9.40. The normalized spacial score (nSPS) is 18.6. The van der Waals surface area contributed by atoms with Crippen LogP contribution in [0.3, 0.4) is 0 Å². The summed E-state index contributed by atoms with van der Waals surface area (Å²) in [5.74, 6) is 0.350. The first kappa shape index (κ1) is 9.25. The smallest absolute Gasteiger partial charge is 0.116 e. The molecule has 2 aromatic rings. The Bertz CT molecular complexity index is 614. The summed E-state index contributed by atoms with van der Waals surface area (Å²) in [5, 5.41) is 13.0. The molecule has 2 N–H and O–H groups in total. The van der Waals surface area contributed by atoms with Gasteiger partial charge in [-0.3, -0.25) is 0 Å². The average molecular weight is 223 g/mol. The molecule has 2 heteroatoms. The Morgan fingerprint density at radius 1 is 0.941 bits per heavy atom. The molecule has 1 saturated heterocycles. The van der Waals surface area contributed by atoms with Crippen molar-refractivity contribution in [3.63, 3.8) is 0 Å². The SMILES string of the molecule is Oc1ccc2c(c1)-c1ccccc1C21CNC1. The van der Waals surface area contributed by atoms with E-state index in [0.29, 0.717) is 5.75 Å². The van der Waals surface area contributed by atoms with E-state index in [-0.39, 0.29) is 5.41 Å². The molecule has 4 rings (SSSR count). The van der Waals surface area contributed by atoms with Crippen LogP contribution >= 0.6 is 0 Å². The number of benzene rings is 2. The number of fused-ring (bicyclic) bond motifs is 5. The molecule has 0 bridgehead atoms. The van der Waals surface area contributed by atoms with Crippen LogP contribution in [-0.2, 0) is 5.41 Å². The predicted octanol–water partition coefficient (Wildman–Crippen LogP) is 2.26. The lowest BCUT2D eigenvalue weighted by Gasteiger charge is -2.41. The number of hydrogen-bond acceptors (Lipinski definition) is 2. The van der Waals surface area contributed by atoms with Crippen LogP contribution in [0.2, 0.25) is 0 Å². The molecule has 0 amide bonds. The average Bonchev–Trinajstić information content (AvgIpc) is 2.59. The van der Waals surface area contributed by atoms with Gasteiger partial charge in [-0.25, -0.2) is 0 Å². The van der Waals surface area contributed by atoms with Crippen molar-refractivity contribution < 1.29 is 5.11 Å². The molecule has 0 aromatic heterocycles. The first-order valence-electron chi connectivity index (χ1n) is 5.95. The van der Waals surface area contributed by atoms with E-state index in [2.05, 4.69) is 35.6 Å².